The third-order valence-corrected chi connectivity index (χ3v) is 5.51. The number of piperidine rings is 1. The van der Waals surface area contributed by atoms with Gasteiger partial charge in [-0.05, 0) is 30.5 Å². The molecule has 4 rings (SSSR count). The zero-order valence-electron chi connectivity index (χ0n) is 16.5. The summed E-state index contributed by atoms with van der Waals surface area (Å²) in [5, 5.41) is 4.50. The zero-order chi connectivity index (χ0) is 19.6. The molecule has 0 bridgehead atoms. The molecule has 0 spiro atoms. The maximum absolute atomic E-state index is 6.43. The molecule has 0 unspecified atom stereocenters. The summed E-state index contributed by atoms with van der Waals surface area (Å²) in [5.41, 5.74) is 10.5. The first-order valence-corrected chi connectivity index (χ1v) is 9.71. The van der Waals surface area contributed by atoms with Crippen LogP contribution in [0.15, 0.2) is 36.8 Å². The highest BCUT2D eigenvalue weighted by atomic mass is 16.5. The van der Waals surface area contributed by atoms with E-state index in [1.807, 2.05) is 12.3 Å². The minimum Gasteiger partial charge on any atom is -0.383 e. The Morgan fingerprint density at radius 1 is 1.32 bits per heavy atom. The minimum absolute atomic E-state index is 0.202. The standard InChI is InChI=1S/C20H27BN6O/c1-28-12-20(22)5-7-27(8-6-20)11-14-10-23-18-17(14)19(25-13-24-18)26-16-4-2-3-15(21)9-16/h2-4,9-10,13H,5-8,11-12,21-22H2,1H3,(H2,23,24,25,26). The normalized spacial score (nSPS) is 17.1. The predicted octanol–water partition coefficient (Wildman–Crippen LogP) is 0.900. The zero-order valence-corrected chi connectivity index (χ0v) is 16.5. The number of anilines is 2. The highest BCUT2D eigenvalue weighted by Gasteiger charge is 2.31. The van der Waals surface area contributed by atoms with Gasteiger partial charge in [0.15, 0.2) is 0 Å². The lowest BCUT2D eigenvalue weighted by Crippen LogP contribution is -2.52. The Morgan fingerprint density at radius 2 is 2.14 bits per heavy atom. The maximum atomic E-state index is 6.43. The Kier molecular flexibility index (Phi) is 5.35. The summed E-state index contributed by atoms with van der Waals surface area (Å²) in [6, 6.07) is 8.29. The molecule has 1 fully saturated rings. The number of H-pyrrole nitrogens is 1. The van der Waals surface area contributed by atoms with E-state index >= 15 is 0 Å². The van der Waals surface area contributed by atoms with Crippen molar-refractivity contribution in [3.8, 4) is 0 Å². The molecule has 7 nitrogen and oxygen atoms in total. The van der Waals surface area contributed by atoms with Gasteiger partial charge >= 0.3 is 0 Å². The molecule has 0 amide bonds. The van der Waals surface area contributed by atoms with Crippen molar-refractivity contribution in [3.63, 3.8) is 0 Å². The Labute approximate surface area is 166 Å². The quantitative estimate of drug-likeness (QED) is 0.552. The van der Waals surface area contributed by atoms with Crippen molar-refractivity contribution < 1.29 is 4.74 Å². The number of hydrogen-bond donors (Lipinski definition) is 3. The highest BCUT2D eigenvalue weighted by Crippen LogP contribution is 2.28. The number of nitrogens with two attached hydrogens (primary N) is 1. The third kappa shape index (κ3) is 4.04. The number of ether oxygens (including phenoxy) is 1. The molecule has 3 aromatic rings. The monoisotopic (exact) mass is 378 g/mol. The van der Waals surface area contributed by atoms with Gasteiger partial charge in [-0.1, -0.05) is 17.6 Å². The molecule has 8 heteroatoms. The van der Waals surface area contributed by atoms with E-state index in [4.69, 9.17) is 10.5 Å². The number of hydrogen-bond acceptors (Lipinski definition) is 6. The highest BCUT2D eigenvalue weighted by molar-refractivity contribution is 6.32. The Balaban J connectivity index is 1.54. The molecule has 28 heavy (non-hydrogen) atoms. The molecule has 146 valence electrons. The molecule has 0 radical (unpaired) electrons. The third-order valence-electron chi connectivity index (χ3n) is 5.51. The first-order valence-electron chi connectivity index (χ1n) is 9.71. The molecule has 1 saturated heterocycles. The Morgan fingerprint density at radius 3 is 2.89 bits per heavy atom. The second-order valence-corrected chi connectivity index (χ2v) is 7.83. The maximum Gasteiger partial charge on any atom is 0.143 e. The topological polar surface area (TPSA) is 92.1 Å². The summed E-state index contributed by atoms with van der Waals surface area (Å²) in [7, 11) is 3.80. The van der Waals surface area contributed by atoms with Crippen molar-refractivity contribution in [3.05, 3.63) is 42.4 Å². The first-order chi connectivity index (χ1) is 13.6. The van der Waals surface area contributed by atoms with E-state index < -0.39 is 0 Å². The van der Waals surface area contributed by atoms with Crippen LogP contribution in [-0.4, -0.2) is 60.0 Å². The van der Waals surface area contributed by atoms with Crippen molar-refractivity contribution in [1.29, 1.82) is 0 Å². The second kappa shape index (κ2) is 7.91. The van der Waals surface area contributed by atoms with Gasteiger partial charge in [0.2, 0.25) is 0 Å². The summed E-state index contributed by atoms with van der Waals surface area (Å²) in [5.74, 6) is 0.830. The summed E-state index contributed by atoms with van der Waals surface area (Å²) in [6.07, 6.45) is 5.51. The number of nitrogens with one attached hydrogen (secondary N) is 2. The van der Waals surface area contributed by atoms with Crippen molar-refractivity contribution in [2.24, 2.45) is 5.73 Å². The van der Waals surface area contributed by atoms with E-state index in [9.17, 15) is 0 Å². The molecule has 4 N–H and O–H groups in total. The number of aromatic amines is 1. The largest absolute Gasteiger partial charge is 0.383 e. The van der Waals surface area contributed by atoms with Gasteiger partial charge < -0.3 is 20.8 Å². The summed E-state index contributed by atoms with van der Waals surface area (Å²) < 4.78 is 5.29. The van der Waals surface area contributed by atoms with Crippen molar-refractivity contribution in [2.75, 3.05) is 32.1 Å². The fraction of sp³-hybridized carbons (Fsp3) is 0.400. The van der Waals surface area contributed by atoms with E-state index in [0.29, 0.717) is 6.61 Å². The van der Waals surface area contributed by atoms with Gasteiger partial charge in [-0.3, -0.25) is 4.90 Å². The van der Waals surface area contributed by atoms with E-state index in [2.05, 4.69) is 51.2 Å². The summed E-state index contributed by atoms with van der Waals surface area (Å²) in [6.45, 7) is 3.38. The van der Waals surface area contributed by atoms with E-state index in [-0.39, 0.29) is 5.54 Å². The van der Waals surface area contributed by atoms with Crippen LogP contribution in [-0.2, 0) is 11.3 Å². The second-order valence-electron chi connectivity index (χ2n) is 7.83. The molecule has 1 aliphatic heterocycles. The Hall–Kier alpha value is -2.42. The number of aromatic nitrogens is 3. The SMILES string of the molecule is Bc1cccc(Nc2ncnc3[nH]cc(CN4CCC(N)(COC)CC4)c23)c1. The van der Waals surface area contributed by atoms with Crippen molar-refractivity contribution in [2.45, 2.75) is 24.9 Å². The van der Waals surface area contributed by atoms with Gasteiger partial charge in [0.1, 0.15) is 25.6 Å². The molecule has 1 aromatic carbocycles. The fourth-order valence-corrected chi connectivity index (χ4v) is 3.94. The van der Waals surface area contributed by atoms with Gasteiger partial charge in [0, 0.05) is 44.2 Å². The molecule has 1 aliphatic rings. The minimum atomic E-state index is -0.202. The summed E-state index contributed by atoms with van der Waals surface area (Å²) >= 11 is 0. The predicted molar refractivity (Wildman–Crippen MR) is 115 cm³/mol. The molecule has 0 aliphatic carbocycles. The number of rotatable bonds is 6. The van der Waals surface area contributed by atoms with Gasteiger partial charge in [0.25, 0.3) is 0 Å². The van der Waals surface area contributed by atoms with E-state index in [1.54, 1.807) is 13.4 Å². The smallest absolute Gasteiger partial charge is 0.143 e. The molecule has 0 atom stereocenters. The van der Waals surface area contributed by atoms with Crippen LogP contribution in [0.25, 0.3) is 11.0 Å². The van der Waals surface area contributed by atoms with Crippen LogP contribution in [0.1, 0.15) is 18.4 Å². The molecule has 0 saturated carbocycles. The number of fused-ring (bicyclic) bond motifs is 1. The van der Waals surface area contributed by atoms with Gasteiger partial charge in [-0.2, -0.15) is 0 Å². The molecule has 2 aromatic heterocycles. The van der Waals surface area contributed by atoms with Crippen LogP contribution in [0.3, 0.4) is 0 Å². The van der Waals surface area contributed by atoms with Crippen LogP contribution < -0.4 is 16.5 Å². The lowest BCUT2D eigenvalue weighted by Gasteiger charge is -2.38. The molecule has 3 heterocycles. The number of benzene rings is 1. The Bertz CT molecular complexity index is 951. The van der Waals surface area contributed by atoms with Gasteiger partial charge in [-0.15, -0.1) is 0 Å². The van der Waals surface area contributed by atoms with E-state index in [0.717, 1.165) is 55.0 Å². The molecular formula is C20H27BN6O. The number of methoxy groups -OCH3 is 1. The number of likely N-dealkylation sites (tertiary alicyclic amines) is 1. The first kappa shape index (κ1) is 18.9. The van der Waals surface area contributed by atoms with Crippen LogP contribution >= 0.6 is 0 Å². The average molecular weight is 378 g/mol. The van der Waals surface area contributed by atoms with Crippen LogP contribution in [0.5, 0.6) is 0 Å². The van der Waals surface area contributed by atoms with Crippen molar-refractivity contribution in [1.82, 2.24) is 19.9 Å². The summed E-state index contributed by atoms with van der Waals surface area (Å²) in [4.78, 5) is 14.6. The van der Waals surface area contributed by atoms with Gasteiger partial charge in [0.05, 0.1) is 12.0 Å². The fourth-order valence-electron chi connectivity index (χ4n) is 3.94. The van der Waals surface area contributed by atoms with Crippen LogP contribution in [0.4, 0.5) is 11.5 Å². The number of nitrogens with zero attached hydrogens (tertiary/aromatic N) is 3. The van der Waals surface area contributed by atoms with Crippen LogP contribution in [0.2, 0.25) is 0 Å². The van der Waals surface area contributed by atoms with Gasteiger partial charge in [-0.25, -0.2) is 9.97 Å². The average Bonchev–Trinajstić information content (AvgIpc) is 3.08. The van der Waals surface area contributed by atoms with Crippen LogP contribution in [0, 0.1) is 0 Å². The lowest BCUT2D eigenvalue weighted by molar-refractivity contribution is 0.0750. The van der Waals surface area contributed by atoms with Crippen molar-refractivity contribution >= 4 is 35.8 Å². The van der Waals surface area contributed by atoms with E-state index in [1.165, 1.54) is 11.0 Å². The lowest BCUT2D eigenvalue weighted by atomic mass is 9.89. The molecular weight excluding hydrogens is 351 g/mol.